The molecule has 0 heterocycles. The topological polar surface area (TPSA) is 35.2 Å². The van der Waals surface area contributed by atoms with Gasteiger partial charge in [-0.3, -0.25) is 0 Å². The van der Waals surface area contributed by atoms with Crippen LogP contribution in [0.5, 0.6) is 5.75 Å². The molecule has 1 unspecified atom stereocenters. The number of benzene rings is 1. The van der Waals surface area contributed by atoms with Gasteiger partial charge in [0.05, 0.1) is 5.02 Å². The maximum Gasteiger partial charge on any atom is 0.425 e. The summed E-state index contributed by atoms with van der Waals surface area (Å²) in [4.78, 5) is 0. The van der Waals surface area contributed by atoms with Crippen molar-refractivity contribution in [3.05, 3.63) is 28.8 Å². The van der Waals surface area contributed by atoms with E-state index in [2.05, 4.69) is 0 Å². The summed E-state index contributed by atoms with van der Waals surface area (Å²) in [5.74, 6) is 0.000826. The predicted molar refractivity (Wildman–Crippen MR) is 60.2 cm³/mol. The fourth-order valence-electron chi connectivity index (χ4n) is 1.15. The monoisotopic (exact) mass is 267 g/mol. The number of hydrogen-bond donors (Lipinski definition) is 1. The van der Waals surface area contributed by atoms with Crippen LogP contribution >= 0.6 is 11.6 Å². The van der Waals surface area contributed by atoms with Crippen LogP contribution in [0.25, 0.3) is 0 Å². The van der Waals surface area contributed by atoms with Crippen LogP contribution in [-0.4, -0.2) is 12.3 Å². The Balaban J connectivity index is 2.87. The molecule has 6 heteroatoms. The molecular formula is C11H13ClF3NO. The van der Waals surface area contributed by atoms with Gasteiger partial charge in [0, 0.05) is 6.04 Å². The summed E-state index contributed by atoms with van der Waals surface area (Å²) in [6, 6.07) is 4.25. The smallest absolute Gasteiger partial charge is 0.425 e. The first kappa shape index (κ1) is 14.1. The van der Waals surface area contributed by atoms with Gasteiger partial charge < -0.3 is 10.5 Å². The van der Waals surface area contributed by atoms with Crippen molar-refractivity contribution in [2.45, 2.75) is 32.2 Å². The summed E-state index contributed by atoms with van der Waals surface area (Å²) in [6.07, 6.45) is -6.32. The number of halogens is 4. The zero-order valence-corrected chi connectivity index (χ0v) is 10.1. The molecule has 17 heavy (non-hydrogen) atoms. The van der Waals surface area contributed by atoms with Crippen molar-refractivity contribution >= 4 is 11.6 Å². The molecule has 2 atom stereocenters. The molecule has 0 spiro atoms. The lowest BCUT2D eigenvalue weighted by Gasteiger charge is -2.19. The summed E-state index contributed by atoms with van der Waals surface area (Å²) in [7, 11) is 0. The van der Waals surface area contributed by atoms with Crippen LogP contribution in [0.1, 0.15) is 25.5 Å². The second-order valence-electron chi connectivity index (χ2n) is 3.78. The molecule has 0 aromatic heterocycles. The molecule has 0 amide bonds. The van der Waals surface area contributed by atoms with Crippen LogP contribution in [0.15, 0.2) is 18.2 Å². The average molecular weight is 268 g/mol. The lowest BCUT2D eigenvalue weighted by molar-refractivity contribution is -0.189. The van der Waals surface area contributed by atoms with E-state index in [1.807, 2.05) is 0 Å². The molecule has 0 bridgehead atoms. The number of hydrogen-bond acceptors (Lipinski definition) is 2. The van der Waals surface area contributed by atoms with Gasteiger partial charge in [-0.05, 0) is 31.5 Å². The van der Waals surface area contributed by atoms with E-state index in [1.165, 1.54) is 12.1 Å². The zero-order chi connectivity index (χ0) is 13.2. The largest absolute Gasteiger partial charge is 0.480 e. The van der Waals surface area contributed by atoms with Gasteiger partial charge in [-0.1, -0.05) is 17.7 Å². The summed E-state index contributed by atoms with van der Waals surface area (Å²) < 4.78 is 41.6. The Labute approximate surface area is 103 Å². The molecular weight excluding hydrogens is 255 g/mol. The minimum atomic E-state index is -4.41. The van der Waals surface area contributed by atoms with Crippen LogP contribution in [-0.2, 0) is 0 Å². The molecule has 1 aromatic carbocycles. The molecule has 1 rings (SSSR count). The van der Waals surface area contributed by atoms with Crippen molar-refractivity contribution < 1.29 is 17.9 Å². The van der Waals surface area contributed by atoms with E-state index in [0.29, 0.717) is 0 Å². The van der Waals surface area contributed by atoms with E-state index >= 15 is 0 Å². The molecule has 0 radical (unpaired) electrons. The van der Waals surface area contributed by atoms with Crippen molar-refractivity contribution in [1.29, 1.82) is 0 Å². The van der Waals surface area contributed by atoms with Crippen molar-refractivity contribution in [1.82, 2.24) is 0 Å². The van der Waals surface area contributed by atoms with Gasteiger partial charge in [-0.25, -0.2) is 0 Å². The van der Waals surface area contributed by atoms with Crippen LogP contribution < -0.4 is 10.5 Å². The first-order chi connectivity index (χ1) is 7.71. The highest BCUT2D eigenvalue weighted by atomic mass is 35.5. The van der Waals surface area contributed by atoms with Crippen molar-refractivity contribution in [3.8, 4) is 5.75 Å². The lowest BCUT2D eigenvalue weighted by atomic mass is 10.1. The van der Waals surface area contributed by atoms with Gasteiger partial charge in [0.1, 0.15) is 5.75 Å². The molecule has 2 N–H and O–H groups in total. The minimum Gasteiger partial charge on any atom is -0.480 e. The fourth-order valence-corrected chi connectivity index (χ4v) is 1.39. The van der Waals surface area contributed by atoms with Crippen LogP contribution in [0, 0.1) is 0 Å². The Kier molecular flexibility index (Phi) is 4.27. The third-order valence-electron chi connectivity index (χ3n) is 2.25. The summed E-state index contributed by atoms with van der Waals surface area (Å²) in [5, 5.41) is 0.121. The Bertz CT molecular complexity index is 393. The van der Waals surface area contributed by atoms with Crippen molar-refractivity contribution in [2.75, 3.05) is 0 Å². The normalized spacial score (nSPS) is 15.5. The Hall–Kier alpha value is -0.940. The lowest BCUT2D eigenvalue weighted by Crippen LogP contribution is -2.31. The highest BCUT2D eigenvalue weighted by molar-refractivity contribution is 6.32. The van der Waals surface area contributed by atoms with E-state index in [1.54, 1.807) is 13.0 Å². The van der Waals surface area contributed by atoms with Crippen LogP contribution in [0.4, 0.5) is 13.2 Å². The van der Waals surface area contributed by atoms with E-state index in [-0.39, 0.29) is 16.8 Å². The van der Waals surface area contributed by atoms with Gasteiger partial charge in [0.25, 0.3) is 0 Å². The number of rotatable bonds is 3. The van der Waals surface area contributed by atoms with Gasteiger partial charge in [0.15, 0.2) is 6.10 Å². The molecule has 96 valence electrons. The molecule has 0 aliphatic heterocycles. The molecule has 0 saturated carbocycles. The quantitative estimate of drug-likeness (QED) is 0.906. The summed E-state index contributed by atoms with van der Waals surface area (Å²) >= 11 is 5.82. The second-order valence-corrected chi connectivity index (χ2v) is 4.19. The van der Waals surface area contributed by atoms with E-state index in [4.69, 9.17) is 22.1 Å². The zero-order valence-electron chi connectivity index (χ0n) is 9.38. The highest BCUT2D eigenvalue weighted by Gasteiger charge is 2.38. The SMILES string of the molecule is CC(Oc1ccc([C@@H](C)N)cc1Cl)C(F)(F)F. The molecule has 2 nitrogen and oxygen atoms in total. The standard InChI is InChI=1S/C11H13ClF3NO/c1-6(16)8-3-4-10(9(12)5-8)17-7(2)11(13,14)15/h3-7H,16H2,1-2H3/t6-,7?/m1/s1. The van der Waals surface area contributed by atoms with Crippen molar-refractivity contribution in [3.63, 3.8) is 0 Å². The first-order valence-electron chi connectivity index (χ1n) is 5.00. The molecule has 0 aliphatic carbocycles. The Morgan fingerprint density at radius 1 is 1.29 bits per heavy atom. The average Bonchev–Trinajstić information content (AvgIpc) is 2.19. The fraction of sp³-hybridized carbons (Fsp3) is 0.455. The molecule has 0 saturated heterocycles. The summed E-state index contributed by atoms with van der Waals surface area (Å²) in [6.45, 7) is 2.68. The maximum absolute atomic E-state index is 12.3. The molecule has 0 fully saturated rings. The van der Waals surface area contributed by atoms with E-state index in [0.717, 1.165) is 12.5 Å². The molecule has 1 aromatic rings. The minimum absolute atomic E-state index is 0.000826. The maximum atomic E-state index is 12.3. The third kappa shape index (κ3) is 3.78. The molecule has 0 aliphatic rings. The number of nitrogens with two attached hydrogens (primary N) is 1. The van der Waals surface area contributed by atoms with Crippen molar-refractivity contribution in [2.24, 2.45) is 5.73 Å². The van der Waals surface area contributed by atoms with Gasteiger partial charge in [-0.15, -0.1) is 0 Å². The van der Waals surface area contributed by atoms with Gasteiger partial charge >= 0.3 is 6.18 Å². The van der Waals surface area contributed by atoms with Gasteiger partial charge in [-0.2, -0.15) is 13.2 Å². The van der Waals surface area contributed by atoms with Crippen LogP contribution in [0.2, 0.25) is 5.02 Å². The number of alkyl halides is 3. The predicted octanol–water partition coefficient (Wildman–Crippen LogP) is 3.69. The Morgan fingerprint density at radius 2 is 1.88 bits per heavy atom. The van der Waals surface area contributed by atoms with Gasteiger partial charge in [0.2, 0.25) is 0 Å². The first-order valence-corrected chi connectivity index (χ1v) is 5.38. The Morgan fingerprint density at radius 3 is 2.29 bits per heavy atom. The highest BCUT2D eigenvalue weighted by Crippen LogP contribution is 2.31. The summed E-state index contributed by atoms with van der Waals surface area (Å²) in [5.41, 5.74) is 6.36. The van der Waals surface area contributed by atoms with E-state index < -0.39 is 12.3 Å². The van der Waals surface area contributed by atoms with E-state index in [9.17, 15) is 13.2 Å². The number of ether oxygens (including phenoxy) is 1. The third-order valence-corrected chi connectivity index (χ3v) is 2.54. The van der Waals surface area contributed by atoms with Crippen LogP contribution in [0.3, 0.4) is 0 Å². The second kappa shape index (κ2) is 5.14.